The van der Waals surface area contributed by atoms with Crippen LogP contribution in [0.5, 0.6) is 11.5 Å². The molecule has 2 N–H and O–H groups in total. The predicted octanol–water partition coefficient (Wildman–Crippen LogP) is 2.78. The van der Waals surface area contributed by atoms with Crippen LogP contribution in [0.25, 0.3) is 0 Å². The Morgan fingerprint density at radius 1 is 0.950 bits per heavy atom. The summed E-state index contributed by atoms with van der Waals surface area (Å²) >= 11 is 0. The molecule has 0 aromatic heterocycles. The minimum atomic E-state index is 0.379. The van der Waals surface area contributed by atoms with Crippen molar-refractivity contribution in [3.05, 3.63) is 59.7 Å². The van der Waals surface area contributed by atoms with Crippen LogP contribution in [-0.2, 0) is 12.8 Å². The Labute approximate surface area is 120 Å². The number of rotatable bonds is 7. The molecule has 2 rings (SSSR count). The maximum Gasteiger partial charge on any atom is 0.118 e. The zero-order valence-corrected chi connectivity index (χ0v) is 11.8. The van der Waals surface area contributed by atoms with Gasteiger partial charge in [-0.2, -0.15) is 0 Å². The molecule has 0 aliphatic rings. The first kappa shape index (κ1) is 14.4. The summed E-state index contributed by atoms with van der Waals surface area (Å²) in [5.41, 5.74) is 2.28. The third-order valence-electron chi connectivity index (χ3n) is 3.31. The molecule has 0 radical (unpaired) electrons. The van der Waals surface area contributed by atoms with Crippen LogP contribution >= 0.6 is 0 Å². The number of aromatic hydroxyl groups is 1. The Hall–Kier alpha value is -2.00. The fourth-order valence-corrected chi connectivity index (χ4v) is 2.10. The Morgan fingerprint density at radius 3 is 2.35 bits per heavy atom. The zero-order valence-electron chi connectivity index (χ0n) is 11.8. The summed E-state index contributed by atoms with van der Waals surface area (Å²) in [6.07, 6.45) is 1.83. The van der Waals surface area contributed by atoms with Gasteiger partial charge in [-0.15, -0.1) is 0 Å². The monoisotopic (exact) mass is 271 g/mol. The smallest absolute Gasteiger partial charge is 0.118 e. The fourth-order valence-electron chi connectivity index (χ4n) is 2.10. The molecule has 0 fully saturated rings. The van der Waals surface area contributed by atoms with Gasteiger partial charge in [0, 0.05) is 0 Å². The van der Waals surface area contributed by atoms with Crippen molar-refractivity contribution < 1.29 is 9.84 Å². The molecule has 0 spiro atoms. The van der Waals surface area contributed by atoms with Crippen molar-refractivity contribution in [3.8, 4) is 11.5 Å². The normalized spacial score (nSPS) is 10.4. The van der Waals surface area contributed by atoms with Crippen LogP contribution in [0.3, 0.4) is 0 Å². The van der Waals surface area contributed by atoms with E-state index < -0.39 is 0 Å². The van der Waals surface area contributed by atoms with Crippen LogP contribution in [0.15, 0.2) is 48.5 Å². The largest absolute Gasteiger partial charge is 0.508 e. The average molecular weight is 271 g/mol. The minimum absolute atomic E-state index is 0.379. The third kappa shape index (κ3) is 4.28. The molecule has 3 heteroatoms. The van der Waals surface area contributed by atoms with Crippen molar-refractivity contribution in [2.45, 2.75) is 12.8 Å². The van der Waals surface area contributed by atoms with Crippen molar-refractivity contribution in [1.29, 1.82) is 0 Å². The first-order valence-corrected chi connectivity index (χ1v) is 6.90. The molecule has 0 aliphatic carbocycles. The lowest BCUT2D eigenvalue weighted by molar-refractivity contribution is 0.414. The van der Waals surface area contributed by atoms with Gasteiger partial charge in [0.1, 0.15) is 11.5 Å². The number of phenolic OH excluding ortho intramolecular Hbond substituents is 1. The van der Waals surface area contributed by atoms with Gasteiger partial charge in [-0.25, -0.2) is 0 Å². The summed E-state index contributed by atoms with van der Waals surface area (Å²) < 4.78 is 5.13. The van der Waals surface area contributed by atoms with Crippen LogP contribution in [-0.4, -0.2) is 25.3 Å². The highest BCUT2D eigenvalue weighted by Gasteiger charge is 1.99. The molecule has 0 bridgehead atoms. The molecule has 0 saturated carbocycles. The van der Waals surface area contributed by atoms with Crippen molar-refractivity contribution >= 4 is 0 Å². The molecular formula is C17H21NO2. The number of ether oxygens (including phenoxy) is 1. The number of para-hydroxylation sites is 1. The van der Waals surface area contributed by atoms with E-state index in [1.54, 1.807) is 13.2 Å². The Balaban J connectivity index is 1.67. The quantitative estimate of drug-likeness (QED) is 0.761. The average Bonchev–Trinajstić information content (AvgIpc) is 2.49. The predicted molar refractivity (Wildman–Crippen MR) is 81.4 cm³/mol. The lowest BCUT2D eigenvalue weighted by Gasteiger charge is -2.07. The summed E-state index contributed by atoms with van der Waals surface area (Å²) in [7, 11) is 1.68. The summed E-state index contributed by atoms with van der Waals surface area (Å²) in [6, 6.07) is 15.6. The van der Waals surface area contributed by atoms with E-state index >= 15 is 0 Å². The molecule has 0 heterocycles. The molecule has 2 aromatic carbocycles. The molecule has 106 valence electrons. The van der Waals surface area contributed by atoms with Crippen molar-refractivity contribution in [3.63, 3.8) is 0 Å². The van der Waals surface area contributed by atoms with Gasteiger partial charge in [-0.05, 0) is 55.3 Å². The van der Waals surface area contributed by atoms with Crippen molar-refractivity contribution in [1.82, 2.24) is 5.32 Å². The van der Waals surface area contributed by atoms with E-state index in [0.29, 0.717) is 5.75 Å². The van der Waals surface area contributed by atoms with Crippen LogP contribution in [0.1, 0.15) is 11.1 Å². The van der Waals surface area contributed by atoms with E-state index in [4.69, 9.17) is 4.74 Å². The van der Waals surface area contributed by atoms with Gasteiger partial charge in [-0.1, -0.05) is 30.3 Å². The standard InChI is InChI=1S/C17H21NO2/c1-20-16-8-6-14(7-9-16)10-12-18-13-11-15-4-2-3-5-17(15)19/h2-9,18-19H,10-13H2,1H3. The SMILES string of the molecule is COc1ccc(CCNCCc2ccccc2O)cc1. The summed E-state index contributed by atoms with van der Waals surface area (Å²) in [5, 5.41) is 13.1. The van der Waals surface area contributed by atoms with E-state index in [9.17, 15) is 5.11 Å². The first-order valence-electron chi connectivity index (χ1n) is 6.90. The third-order valence-corrected chi connectivity index (χ3v) is 3.31. The van der Waals surface area contributed by atoms with Crippen LogP contribution in [0.4, 0.5) is 0 Å². The molecular weight excluding hydrogens is 250 g/mol. The van der Waals surface area contributed by atoms with Gasteiger partial charge in [0.2, 0.25) is 0 Å². The van der Waals surface area contributed by atoms with Gasteiger partial charge in [0.05, 0.1) is 7.11 Å². The molecule has 0 saturated heterocycles. The van der Waals surface area contributed by atoms with Crippen molar-refractivity contribution in [2.24, 2.45) is 0 Å². The summed E-state index contributed by atoms with van der Waals surface area (Å²) in [5.74, 6) is 1.27. The fraction of sp³-hybridized carbons (Fsp3) is 0.294. The first-order chi connectivity index (χ1) is 9.79. The number of methoxy groups -OCH3 is 1. The van der Waals surface area contributed by atoms with Gasteiger partial charge in [-0.3, -0.25) is 0 Å². The van der Waals surface area contributed by atoms with E-state index in [0.717, 1.165) is 37.2 Å². The number of hydrogen-bond donors (Lipinski definition) is 2. The summed E-state index contributed by atoms with van der Waals surface area (Å²) in [6.45, 7) is 1.80. The Morgan fingerprint density at radius 2 is 1.65 bits per heavy atom. The van der Waals surface area contributed by atoms with E-state index in [1.807, 2.05) is 30.3 Å². The topological polar surface area (TPSA) is 41.5 Å². The highest BCUT2D eigenvalue weighted by molar-refractivity contribution is 5.32. The Bertz CT molecular complexity index is 523. The van der Waals surface area contributed by atoms with Gasteiger partial charge in [0.25, 0.3) is 0 Å². The lowest BCUT2D eigenvalue weighted by atomic mass is 10.1. The summed E-state index contributed by atoms with van der Waals surface area (Å²) in [4.78, 5) is 0. The van der Waals surface area contributed by atoms with Crippen molar-refractivity contribution in [2.75, 3.05) is 20.2 Å². The second-order valence-electron chi connectivity index (χ2n) is 4.73. The zero-order chi connectivity index (χ0) is 14.2. The minimum Gasteiger partial charge on any atom is -0.508 e. The highest BCUT2D eigenvalue weighted by atomic mass is 16.5. The van der Waals surface area contributed by atoms with E-state index in [-0.39, 0.29) is 0 Å². The van der Waals surface area contributed by atoms with Crippen LogP contribution in [0.2, 0.25) is 0 Å². The second kappa shape index (κ2) is 7.56. The maximum absolute atomic E-state index is 9.65. The number of benzene rings is 2. The van der Waals surface area contributed by atoms with Gasteiger partial charge < -0.3 is 15.2 Å². The molecule has 0 unspecified atom stereocenters. The van der Waals surface area contributed by atoms with E-state index in [1.165, 1.54) is 5.56 Å². The van der Waals surface area contributed by atoms with Gasteiger partial charge >= 0.3 is 0 Å². The number of phenols is 1. The number of hydrogen-bond acceptors (Lipinski definition) is 3. The van der Waals surface area contributed by atoms with Crippen LogP contribution in [0, 0.1) is 0 Å². The lowest BCUT2D eigenvalue weighted by Crippen LogP contribution is -2.20. The molecule has 2 aromatic rings. The van der Waals surface area contributed by atoms with E-state index in [2.05, 4.69) is 17.4 Å². The highest BCUT2D eigenvalue weighted by Crippen LogP contribution is 2.15. The molecule has 20 heavy (non-hydrogen) atoms. The molecule has 0 amide bonds. The molecule has 0 atom stereocenters. The maximum atomic E-state index is 9.65. The Kier molecular flexibility index (Phi) is 5.44. The van der Waals surface area contributed by atoms with Gasteiger partial charge in [0.15, 0.2) is 0 Å². The molecule has 0 aliphatic heterocycles. The second-order valence-corrected chi connectivity index (χ2v) is 4.73. The molecule has 3 nitrogen and oxygen atoms in total. The van der Waals surface area contributed by atoms with Crippen LogP contribution < -0.4 is 10.1 Å². The number of nitrogens with one attached hydrogen (secondary N) is 1.